The second-order valence-electron chi connectivity index (χ2n) is 4.33. The van der Waals surface area contributed by atoms with Crippen LogP contribution in [0.3, 0.4) is 0 Å². The number of ketones is 1. The summed E-state index contributed by atoms with van der Waals surface area (Å²) in [5.74, 6) is 1.41. The first kappa shape index (κ1) is 13.0. The lowest BCUT2D eigenvalue weighted by atomic mass is 10.1. The van der Waals surface area contributed by atoms with Gasteiger partial charge in [0.25, 0.3) is 0 Å². The largest absolute Gasteiger partial charge is 0.294 e. The third kappa shape index (κ3) is 4.70. The summed E-state index contributed by atoms with van der Waals surface area (Å²) in [4.78, 5) is 11.6. The predicted octanol–water partition coefficient (Wildman–Crippen LogP) is 2.65. The molecule has 0 saturated heterocycles. The molecular formula is C11H23OS+. The molecule has 0 aliphatic heterocycles. The van der Waals surface area contributed by atoms with E-state index in [0.29, 0.717) is 16.3 Å². The van der Waals surface area contributed by atoms with Crippen LogP contribution >= 0.6 is 0 Å². The van der Waals surface area contributed by atoms with E-state index in [-0.39, 0.29) is 16.8 Å². The summed E-state index contributed by atoms with van der Waals surface area (Å²) in [5, 5.41) is 1.28. The summed E-state index contributed by atoms with van der Waals surface area (Å²) in [6, 6.07) is 0. The maximum atomic E-state index is 11.6. The van der Waals surface area contributed by atoms with Crippen molar-refractivity contribution in [2.24, 2.45) is 5.92 Å². The summed E-state index contributed by atoms with van der Waals surface area (Å²) in [6.07, 6.45) is 0. The molecule has 1 nitrogen and oxygen atoms in total. The Bertz CT molecular complexity index is 153. The third-order valence-corrected chi connectivity index (χ3v) is 5.20. The van der Waals surface area contributed by atoms with Crippen molar-refractivity contribution in [1.82, 2.24) is 0 Å². The van der Waals surface area contributed by atoms with Gasteiger partial charge in [0.05, 0.1) is 0 Å². The zero-order valence-electron chi connectivity index (χ0n) is 9.76. The fourth-order valence-electron chi connectivity index (χ4n) is 1.21. The molecule has 0 spiro atoms. The average Bonchev–Trinajstić information content (AvgIpc) is 1.97. The molecule has 0 fully saturated rings. The fraction of sp³-hybridized carbons (Fsp3) is 0.909. The van der Waals surface area contributed by atoms with Gasteiger partial charge in [0.1, 0.15) is 10.5 Å². The number of carbonyl (C=O) groups excluding carboxylic acids is 1. The molecule has 0 rings (SSSR count). The summed E-state index contributed by atoms with van der Waals surface area (Å²) in [7, 11) is 0.272. The van der Waals surface area contributed by atoms with Gasteiger partial charge in [-0.05, 0) is 38.6 Å². The van der Waals surface area contributed by atoms with Crippen molar-refractivity contribution < 1.29 is 4.79 Å². The molecule has 0 aromatic rings. The molecule has 0 N–H and O–H groups in total. The van der Waals surface area contributed by atoms with Crippen molar-refractivity contribution >= 4 is 16.7 Å². The smallest absolute Gasteiger partial charge is 0.184 e. The molecule has 0 aliphatic carbocycles. The molecule has 0 heterocycles. The van der Waals surface area contributed by atoms with Crippen molar-refractivity contribution in [1.29, 1.82) is 0 Å². The number of Topliss-reactive ketones (excluding diaryl/α,β-unsaturated/α-hetero) is 1. The average molecular weight is 203 g/mol. The van der Waals surface area contributed by atoms with Crippen LogP contribution in [-0.2, 0) is 15.7 Å². The lowest BCUT2D eigenvalue weighted by Crippen LogP contribution is -2.32. The SMILES string of the molecule is CC(C)C(=O)C[S+](C(C)C)C(C)C. The molecule has 13 heavy (non-hydrogen) atoms. The minimum Gasteiger partial charge on any atom is -0.294 e. The highest BCUT2D eigenvalue weighted by Gasteiger charge is 2.30. The van der Waals surface area contributed by atoms with E-state index < -0.39 is 0 Å². The molecule has 2 heteroatoms. The fourth-order valence-corrected chi connectivity index (χ4v) is 3.63. The van der Waals surface area contributed by atoms with Crippen molar-refractivity contribution in [3.05, 3.63) is 0 Å². The van der Waals surface area contributed by atoms with Gasteiger partial charge in [-0.3, -0.25) is 4.79 Å². The van der Waals surface area contributed by atoms with E-state index in [9.17, 15) is 4.79 Å². The van der Waals surface area contributed by atoms with E-state index >= 15 is 0 Å². The van der Waals surface area contributed by atoms with Gasteiger partial charge in [-0.1, -0.05) is 13.8 Å². The van der Waals surface area contributed by atoms with Gasteiger partial charge in [0.15, 0.2) is 11.5 Å². The Balaban J connectivity index is 4.19. The molecule has 0 unspecified atom stereocenters. The minimum atomic E-state index is 0.201. The topological polar surface area (TPSA) is 17.1 Å². The quantitative estimate of drug-likeness (QED) is 0.628. The van der Waals surface area contributed by atoms with Crippen molar-refractivity contribution in [3.63, 3.8) is 0 Å². The zero-order valence-corrected chi connectivity index (χ0v) is 10.6. The second-order valence-corrected chi connectivity index (χ2v) is 7.45. The van der Waals surface area contributed by atoms with Crippen molar-refractivity contribution in [2.75, 3.05) is 5.75 Å². The first-order chi connectivity index (χ1) is 5.86. The minimum absolute atomic E-state index is 0.201. The van der Waals surface area contributed by atoms with E-state index in [1.54, 1.807) is 0 Å². The van der Waals surface area contributed by atoms with Gasteiger partial charge in [-0.2, -0.15) is 0 Å². The number of rotatable bonds is 5. The van der Waals surface area contributed by atoms with E-state index in [0.717, 1.165) is 5.75 Å². The Morgan fingerprint density at radius 3 is 1.62 bits per heavy atom. The maximum Gasteiger partial charge on any atom is 0.184 e. The van der Waals surface area contributed by atoms with Crippen LogP contribution in [0.25, 0.3) is 0 Å². The number of hydrogen-bond acceptors (Lipinski definition) is 1. The maximum absolute atomic E-state index is 11.6. The highest BCUT2D eigenvalue weighted by atomic mass is 32.2. The summed E-state index contributed by atoms with van der Waals surface area (Å²) < 4.78 is 0. The lowest BCUT2D eigenvalue weighted by molar-refractivity contribution is -0.119. The Morgan fingerprint density at radius 2 is 1.38 bits per heavy atom. The molecule has 78 valence electrons. The second kappa shape index (κ2) is 5.69. The molecule has 0 atom stereocenters. The molecule has 0 aromatic carbocycles. The van der Waals surface area contributed by atoms with E-state index in [1.807, 2.05) is 13.8 Å². The zero-order chi connectivity index (χ0) is 10.6. The van der Waals surface area contributed by atoms with Gasteiger partial charge in [-0.25, -0.2) is 0 Å². The Morgan fingerprint density at radius 1 is 1.00 bits per heavy atom. The predicted molar refractivity (Wildman–Crippen MR) is 62.3 cm³/mol. The normalized spacial score (nSPS) is 12.2. The van der Waals surface area contributed by atoms with Crippen LogP contribution < -0.4 is 0 Å². The van der Waals surface area contributed by atoms with E-state index in [4.69, 9.17) is 0 Å². The Labute approximate surface area is 85.6 Å². The van der Waals surface area contributed by atoms with Gasteiger partial charge >= 0.3 is 0 Å². The van der Waals surface area contributed by atoms with Gasteiger partial charge < -0.3 is 0 Å². The van der Waals surface area contributed by atoms with Crippen LogP contribution in [0, 0.1) is 5.92 Å². The van der Waals surface area contributed by atoms with Crippen molar-refractivity contribution in [3.8, 4) is 0 Å². The Hall–Kier alpha value is 0.0200. The summed E-state index contributed by atoms with van der Waals surface area (Å²) >= 11 is 0. The van der Waals surface area contributed by atoms with E-state index in [2.05, 4.69) is 27.7 Å². The Kier molecular flexibility index (Phi) is 5.70. The third-order valence-electron chi connectivity index (χ3n) is 2.16. The van der Waals surface area contributed by atoms with Crippen LogP contribution in [0.15, 0.2) is 0 Å². The first-order valence-corrected chi connectivity index (χ1v) is 6.59. The van der Waals surface area contributed by atoms with Crippen LogP contribution in [0.5, 0.6) is 0 Å². The monoisotopic (exact) mass is 203 g/mol. The molecule has 0 amide bonds. The van der Waals surface area contributed by atoms with Gasteiger partial charge in [-0.15, -0.1) is 0 Å². The number of carbonyl (C=O) groups is 1. The molecule has 0 aromatic heterocycles. The molecular weight excluding hydrogens is 180 g/mol. The first-order valence-electron chi connectivity index (χ1n) is 5.07. The molecule has 0 saturated carbocycles. The summed E-state index contributed by atoms with van der Waals surface area (Å²) in [5.41, 5.74) is 0. The summed E-state index contributed by atoms with van der Waals surface area (Å²) in [6.45, 7) is 12.9. The van der Waals surface area contributed by atoms with Crippen LogP contribution in [-0.4, -0.2) is 22.0 Å². The van der Waals surface area contributed by atoms with Gasteiger partial charge in [0.2, 0.25) is 0 Å². The highest BCUT2D eigenvalue weighted by Crippen LogP contribution is 2.14. The van der Waals surface area contributed by atoms with Crippen LogP contribution in [0.2, 0.25) is 0 Å². The lowest BCUT2D eigenvalue weighted by Gasteiger charge is -2.15. The molecule has 0 radical (unpaired) electrons. The van der Waals surface area contributed by atoms with E-state index in [1.165, 1.54) is 0 Å². The van der Waals surface area contributed by atoms with Crippen molar-refractivity contribution in [2.45, 2.75) is 52.0 Å². The molecule has 0 bridgehead atoms. The molecule has 0 aliphatic rings. The van der Waals surface area contributed by atoms with Crippen LogP contribution in [0.4, 0.5) is 0 Å². The number of hydrogen-bond donors (Lipinski definition) is 0. The highest BCUT2D eigenvalue weighted by molar-refractivity contribution is 7.98. The van der Waals surface area contributed by atoms with Crippen LogP contribution in [0.1, 0.15) is 41.5 Å². The van der Waals surface area contributed by atoms with Gasteiger partial charge in [0, 0.05) is 5.92 Å². The standard InChI is InChI=1S/C11H23OS/c1-8(2)11(12)7-13(9(3)4)10(5)6/h8-10H,7H2,1-6H3/q+1.